The van der Waals surface area contributed by atoms with E-state index in [1.807, 2.05) is 23.5 Å². The summed E-state index contributed by atoms with van der Waals surface area (Å²) in [7, 11) is 0. The van der Waals surface area contributed by atoms with Crippen LogP contribution < -0.4 is 15.9 Å². The Kier molecular flexibility index (Phi) is 4.82. The van der Waals surface area contributed by atoms with E-state index in [2.05, 4.69) is 126 Å². The number of rotatable bonds is 1. The lowest BCUT2D eigenvalue weighted by molar-refractivity contribution is 0.569. The van der Waals surface area contributed by atoms with Gasteiger partial charge in [-0.05, 0) is 47.9 Å². The number of nitrogens with zero attached hydrogens (tertiary/aromatic N) is 2. The molecule has 0 radical (unpaired) electrons. The zero-order valence-corrected chi connectivity index (χ0v) is 24.9. The summed E-state index contributed by atoms with van der Waals surface area (Å²) in [5.74, 6) is 1.66. The number of nitrogens with one attached hydrogen (secondary N) is 1. The summed E-state index contributed by atoms with van der Waals surface area (Å²) in [4.78, 5) is 5.54. The molecule has 7 aromatic rings. The van der Waals surface area contributed by atoms with Crippen molar-refractivity contribution in [3.63, 3.8) is 0 Å². The van der Waals surface area contributed by atoms with E-state index in [-0.39, 0.29) is 11.6 Å². The molecular weight excluding hydrogens is 559 g/mol. The first-order valence-electron chi connectivity index (χ1n) is 15.1. The molecule has 0 saturated heterocycles. The fourth-order valence-electron chi connectivity index (χ4n) is 7.37. The van der Waals surface area contributed by atoms with E-state index in [0.717, 1.165) is 45.8 Å². The van der Waals surface area contributed by atoms with Crippen LogP contribution in [0, 0.1) is 5.41 Å². The van der Waals surface area contributed by atoms with Gasteiger partial charge in [0.15, 0.2) is 0 Å². The van der Waals surface area contributed by atoms with E-state index in [1.165, 1.54) is 41.7 Å². The maximum atomic E-state index is 6.52. The second kappa shape index (κ2) is 8.71. The molecule has 1 aliphatic heterocycles. The molecule has 10 rings (SSSR count). The Morgan fingerprint density at radius 3 is 2.61 bits per heavy atom. The molecule has 0 amide bonds. The van der Waals surface area contributed by atoms with Crippen LogP contribution in [0.1, 0.15) is 30.6 Å². The number of aliphatic imine (C=N–C) groups is 1. The van der Waals surface area contributed by atoms with E-state index in [1.54, 1.807) is 0 Å². The van der Waals surface area contributed by atoms with Crippen LogP contribution in [0.5, 0.6) is 0 Å². The molecule has 210 valence electrons. The van der Waals surface area contributed by atoms with E-state index in [9.17, 15) is 0 Å². The average Bonchev–Trinajstić information content (AvgIpc) is 3.72. The highest BCUT2D eigenvalue weighted by Crippen LogP contribution is 2.42. The number of anilines is 1. The Balaban J connectivity index is 1.27. The highest BCUT2D eigenvalue weighted by molar-refractivity contribution is 7.25. The van der Waals surface area contributed by atoms with Crippen LogP contribution in [0.2, 0.25) is 0 Å². The summed E-state index contributed by atoms with van der Waals surface area (Å²) in [5, 5.41) is 11.0. The van der Waals surface area contributed by atoms with Gasteiger partial charge in [-0.15, -0.1) is 11.3 Å². The van der Waals surface area contributed by atoms with Crippen molar-refractivity contribution in [3.8, 4) is 0 Å². The van der Waals surface area contributed by atoms with Crippen molar-refractivity contribution in [3.05, 3.63) is 136 Å². The van der Waals surface area contributed by atoms with Gasteiger partial charge in [0.25, 0.3) is 0 Å². The molecule has 2 unspecified atom stereocenters. The normalized spacial score (nSPS) is 20.4. The van der Waals surface area contributed by atoms with Crippen LogP contribution in [-0.2, 0) is 0 Å². The number of benzene rings is 4. The van der Waals surface area contributed by atoms with Crippen molar-refractivity contribution in [1.82, 2.24) is 4.57 Å². The van der Waals surface area contributed by atoms with Crippen LogP contribution in [-0.4, -0.2) is 10.4 Å². The van der Waals surface area contributed by atoms with Gasteiger partial charge in [-0.3, -0.25) is 4.57 Å². The third-order valence-corrected chi connectivity index (χ3v) is 10.7. The summed E-state index contributed by atoms with van der Waals surface area (Å²) in [6.45, 7) is 2.35. The van der Waals surface area contributed by atoms with Crippen molar-refractivity contribution >= 4 is 77.3 Å². The summed E-state index contributed by atoms with van der Waals surface area (Å²) in [6, 6.07) is 32.4. The minimum Gasteiger partial charge on any atom is -0.440 e. The highest BCUT2D eigenvalue weighted by Gasteiger charge is 2.33. The third-order valence-electron chi connectivity index (χ3n) is 9.59. The Labute approximate surface area is 257 Å². The molecule has 3 aliphatic rings. The lowest BCUT2D eigenvalue weighted by Gasteiger charge is -2.31. The molecule has 1 N–H and O–H groups in total. The van der Waals surface area contributed by atoms with Gasteiger partial charge >= 0.3 is 0 Å². The van der Waals surface area contributed by atoms with Gasteiger partial charge in [-0.25, -0.2) is 4.99 Å². The van der Waals surface area contributed by atoms with Gasteiger partial charge in [0, 0.05) is 41.6 Å². The van der Waals surface area contributed by atoms with Crippen LogP contribution in [0.4, 0.5) is 5.88 Å². The number of fused-ring (bicyclic) bond motifs is 10. The van der Waals surface area contributed by atoms with Crippen LogP contribution in [0.25, 0.3) is 54.2 Å². The molecule has 4 heterocycles. The quantitative estimate of drug-likeness (QED) is 0.210. The molecule has 2 atom stereocenters. The minimum absolute atomic E-state index is 0.0255. The molecule has 0 fully saturated rings. The lowest BCUT2D eigenvalue weighted by Crippen LogP contribution is -2.40. The summed E-state index contributed by atoms with van der Waals surface area (Å²) >= 11 is 1.83. The maximum Gasteiger partial charge on any atom is 0.207 e. The largest absolute Gasteiger partial charge is 0.440 e. The molecule has 0 saturated carbocycles. The predicted octanol–water partition coefficient (Wildman–Crippen LogP) is 8.64. The van der Waals surface area contributed by atoms with Gasteiger partial charge in [0.2, 0.25) is 5.88 Å². The molecule has 3 aromatic heterocycles. The molecule has 4 aromatic carbocycles. The average molecular weight is 586 g/mol. The van der Waals surface area contributed by atoms with Crippen LogP contribution >= 0.6 is 11.3 Å². The standard InChI is InChI=1S/C39H27N3OS/c1-39-19-9-8-10-24(39)21-31-29(22-39)25-11-2-5-14-30(25)42(31)37-35-28-13-3-6-15-32(28)43-38(35)41-36(40-37)23-17-18-27-26-12-4-7-16-33(26)44-34(27)20-23/h2-18,20-22,36,41H,19H2,1H3. The monoisotopic (exact) mass is 585 g/mol. The first-order chi connectivity index (χ1) is 21.6. The van der Waals surface area contributed by atoms with Crippen LogP contribution in [0.3, 0.4) is 0 Å². The van der Waals surface area contributed by atoms with Gasteiger partial charge in [0.1, 0.15) is 17.6 Å². The maximum absolute atomic E-state index is 6.52. The predicted molar refractivity (Wildman–Crippen MR) is 184 cm³/mol. The fourth-order valence-corrected chi connectivity index (χ4v) is 8.53. The van der Waals surface area contributed by atoms with Crippen LogP contribution in [0.15, 0.2) is 124 Å². The van der Waals surface area contributed by atoms with Crippen molar-refractivity contribution in [2.75, 3.05) is 5.32 Å². The first kappa shape index (κ1) is 24.3. The number of furan rings is 1. The number of thiophene rings is 1. The molecule has 4 nitrogen and oxygen atoms in total. The Morgan fingerprint density at radius 2 is 1.68 bits per heavy atom. The number of para-hydroxylation sites is 2. The van der Waals surface area contributed by atoms with E-state index < -0.39 is 0 Å². The molecule has 0 spiro atoms. The Hall–Kier alpha value is -5.13. The molecule has 44 heavy (non-hydrogen) atoms. The van der Waals surface area contributed by atoms with Crippen molar-refractivity contribution in [2.45, 2.75) is 19.5 Å². The highest BCUT2D eigenvalue weighted by atomic mass is 32.1. The zero-order valence-electron chi connectivity index (χ0n) is 24.0. The number of aromatic nitrogens is 1. The van der Waals surface area contributed by atoms with Crippen molar-refractivity contribution in [2.24, 2.45) is 10.4 Å². The molecule has 2 aliphatic carbocycles. The minimum atomic E-state index is -0.306. The molecule has 0 bridgehead atoms. The van der Waals surface area contributed by atoms with E-state index in [4.69, 9.17) is 9.41 Å². The molecule has 5 heteroatoms. The van der Waals surface area contributed by atoms with Gasteiger partial charge in [-0.2, -0.15) is 0 Å². The van der Waals surface area contributed by atoms with Gasteiger partial charge < -0.3 is 9.73 Å². The summed E-state index contributed by atoms with van der Waals surface area (Å²) in [6.07, 6.45) is 12.3. The van der Waals surface area contributed by atoms with E-state index >= 15 is 0 Å². The smallest absolute Gasteiger partial charge is 0.207 e. The second-order valence-electron chi connectivity index (χ2n) is 12.3. The SMILES string of the molecule is CC12C=c3c(n(C4=NC(c5ccc6c(c5)sc5ccccc56)Nc5oc6ccccc6c54)c4ccccc34)=CC1=CC=CC2. The van der Waals surface area contributed by atoms with Gasteiger partial charge in [-0.1, -0.05) is 98.0 Å². The third kappa shape index (κ3) is 3.30. The topological polar surface area (TPSA) is 42.5 Å². The first-order valence-corrected chi connectivity index (χ1v) is 16.0. The Morgan fingerprint density at radius 1 is 0.886 bits per heavy atom. The van der Waals surface area contributed by atoms with E-state index in [0.29, 0.717) is 0 Å². The fraction of sp³-hybridized carbons (Fsp3) is 0.103. The second-order valence-corrected chi connectivity index (χ2v) is 13.4. The zero-order chi connectivity index (χ0) is 29.0. The van der Waals surface area contributed by atoms with Crippen molar-refractivity contribution < 1.29 is 4.42 Å². The van der Waals surface area contributed by atoms with Crippen molar-refractivity contribution in [1.29, 1.82) is 0 Å². The van der Waals surface area contributed by atoms with Gasteiger partial charge in [0.05, 0.1) is 16.4 Å². The lowest BCUT2D eigenvalue weighted by atomic mass is 9.74. The summed E-state index contributed by atoms with van der Waals surface area (Å²) in [5.41, 5.74) is 5.42. The summed E-state index contributed by atoms with van der Waals surface area (Å²) < 4.78 is 11.5. The Bertz CT molecular complexity index is 2590. The molecular formula is C39H27N3OS. The number of hydrogen-bond donors (Lipinski definition) is 1. The number of allylic oxidation sites excluding steroid dienone is 4. The number of hydrogen-bond acceptors (Lipinski definition) is 4.